The van der Waals surface area contributed by atoms with Crippen molar-refractivity contribution in [2.45, 2.75) is 137 Å². The molecular weight excluding hydrogens is 555 g/mol. The van der Waals surface area contributed by atoms with Crippen LogP contribution in [-0.4, -0.2) is 35.8 Å². The quantitative estimate of drug-likeness (QED) is 0.149. The molecule has 5 heteroatoms. The van der Waals surface area contributed by atoms with E-state index in [2.05, 4.69) is 34.6 Å². The molecule has 1 aromatic rings. The van der Waals surface area contributed by atoms with Crippen molar-refractivity contribution in [3.05, 3.63) is 49.2 Å². The number of aromatic carboxylic acids is 1. The molecule has 0 N–H and O–H groups in total. The van der Waals surface area contributed by atoms with E-state index in [9.17, 15) is 19.8 Å². The summed E-state index contributed by atoms with van der Waals surface area (Å²) in [5.74, 6) is -2.03. The molecule has 0 atom stereocenters. The Labute approximate surface area is 241 Å². The molecule has 0 unspecified atom stereocenters. The third kappa shape index (κ3) is 40.1. The van der Waals surface area contributed by atoms with Gasteiger partial charge in [-0.1, -0.05) is 161 Å². The predicted octanol–water partition coefficient (Wildman–Crippen LogP) is 7.05. The van der Waals surface area contributed by atoms with Gasteiger partial charge < -0.3 is 19.8 Å². The molecule has 0 aromatic heterocycles. The summed E-state index contributed by atoms with van der Waals surface area (Å²) in [6.45, 7) is 15.5. The van der Waals surface area contributed by atoms with Crippen LogP contribution in [-0.2, 0) is 4.79 Å². The number of benzene rings is 1. The van der Waals surface area contributed by atoms with Crippen LogP contribution in [0.15, 0.2) is 24.3 Å². The van der Waals surface area contributed by atoms with E-state index in [0.29, 0.717) is 0 Å². The molecule has 0 spiro atoms. The molecule has 0 amide bonds. The smallest absolute Gasteiger partial charge is 0.550 e. The summed E-state index contributed by atoms with van der Waals surface area (Å²) in [5, 5.41) is 20.4. The molecule has 0 saturated carbocycles. The Balaban J connectivity index is -0.000000226. The zero-order valence-electron chi connectivity index (χ0n) is 23.9. The van der Waals surface area contributed by atoms with Crippen LogP contribution in [0.3, 0.4) is 0 Å². The molecular formula is C31H54O4Sn. The molecule has 0 aliphatic rings. The molecule has 0 aliphatic carbocycles. The van der Waals surface area contributed by atoms with Crippen LogP contribution >= 0.6 is 0 Å². The maximum atomic E-state index is 10.2. The Hall–Kier alpha value is -1.04. The van der Waals surface area contributed by atoms with Gasteiger partial charge in [-0.2, -0.15) is 0 Å². The summed E-state index contributed by atoms with van der Waals surface area (Å²) >= 11 is 0. The summed E-state index contributed by atoms with van der Waals surface area (Å²) in [6.07, 6.45) is 20.0. The maximum Gasteiger partial charge on any atom is 2.00 e. The second kappa shape index (κ2) is 36.1. The fraction of sp³-hybridized carbons (Fsp3) is 0.677. The van der Waals surface area contributed by atoms with Gasteiger partial charge in [-0.15, -0.1) is 0 Å². The molecule has 0 aliphatic heterocycles. The van der Waals surface area contributed by atoms with Crippen LogP contribution in [0.1, 0.15) is 146 Å². The van der Waals surface area contributed by atoms with E-state index in [1.54, 1.807) is 12.1 Å². The van der Waals surface area contributed by atoms with Crippen molar-refractivity contribution in [1.82, 2.24) is 0 Å². The van der Waals surface area contributed by atoms with Crippen molar-refractivity contribution >= 4 is 35.8 Å². The van der Waals surface area contributed by atoms with Crippen LogP contribution < -0.4 is 10.2 Å². The number of hydrogen-bond donors (Lipinski definition) is 0. The average molecular weight is 609 g/mol. The van der Waals surface area contributed by atoms with Gasteiger partial charge in [0.1, 0.15) is 0 Å². The first-order valence-corrected chi connectivity index (χ1v) is 13.9. The summed E-state index contributed by atoms with van der Waals surface area (Å²) in [4.78, 5) is 20.4. The fourth-order valence-corrected chi connectivity index (χ4v) is 2.88. The van der Waals surface area contributed by atoms with Gasteiger partial charge in [0.2, 0.25) is 0 Å². The Morgan fingerprint density at radius 1 is 0.694 bits per heavy atom. The van der Waals surface area contributed by atoms with Crippen molar-refractivity contribution in [1.29, 1.82) is 0 Å². The predicted molar refractivity (Wildman–Crippen MR) is 152 cm³/mol. The number of carboxylic acid groups (broad SMARTS) is 2. The van der Waals surface area contributed by atoms with E-state index >= 15 is 0 Å². The van der Waals surface area contributed by atoms with E-state index in [1.807, 2.05) is 13.0 Å². The van der Waals surface area contributed by atoms with E-state index in [4.69, 9.17) is 0 Å². The summed E-state index contributed by atoms with van der Waals surface area (Å²) < 4.78 is 0. The minimum Gasteiger partial charge on any atom is -0.550 e. The van der Waals surface area contributed by atoms with E-state index in [1.165, 1.54) is 83.1 Å². The number of rotatable bonds is 16. The standard InChI is InChI=1S/C15H30O2.C8H8O2.2C4H9.Sn/c1-2-3-4-5-6-7-8-9-10-11-12-13-14-15(16)17;1-6-3-2-4-7(5-6)8(9)10;2*1-3-4-2;/h2-14H2,1H3,(H,16,17);2-5H,1H3,(H,9,10);2*1,3-4H2,2H3;/q;;;;+2/p-2. The Morgan fingerprint density at radius 3 is 1.36 bits per heavy atom. The van der Waals surface area contributed by atoms with Crippen molar-refractivity contribution in [2.24, 2.45) is 0 Å². The molecule has 206 valence electrons. The second-order valence-electron chi connectivity index (χ2n) is 8.88. The number of aryl methyl sites for hydroxylation is 1. The Morgan fingerprint density at radius 2 is 1.08 bits per heavy atom. The van der Waals surface area contributed by atoms with Crippen LogP contribution in [0, 0.1) is 20.8 Å². The molecule has 1 rings (SSSR count). The average Bonchev–Trinajstić information content (AvgIpc) is 2.85. The third-order valence-electron chi connectivity index (χ3n) is 5.20. The normalized spacial score (nSPS) is 9.28. The second-order valence-corrected chi connectivity index (χ2v) is 8.88. The van der Waals surface area contributed by atoms with E-state index in [-0.39, 0.29) is 35.9 Å². The molecule has 1 aromatic carbocycles. The van der Waals surface area contributed by atoms with Gasteiger partial charge in [-0.05, 0) is 25.3 Å². The van der Waals surface area contributed by atoms with Gasteiger partial charge in [0.25, 0.3) is 0 Å². The van der Waals surface area contributed by atoms with Crippen LogP contribution in [0.4, 0.5) is 0 Å². The van der Waals surface area contributed by atoms with Gasteiger partial charge in [0.15, 0.2) is 0 Å². The molecule has 0 fully saturated rings. The first-order valence-electron chi connectivity index (χ1n) is 13.9. The van der Waals surface area contributed by atoms with Crippen molar-refractivity contribution in [3.8, 4) is 0 Å². The minimum atomic E-state index is -1.12. The molecule has 4 nitrogen and oxygen atoms in total. The van der Waals surface area contributed by atoms with Gasteiger partial charge in [-0.3, -0.25) is 0 Å². The number of hydrogen-bond acceptors (Lipinski definition) is 4. The summed E-state index contributed by atoms with van der Waals surface area (Å²) in [5.41, 5.74) is 1.17. The zero-order chi connectivity index (χ0) is 27.2. The van der Waals surface area contributed by atoms with Gasteiger partial charge in [0.05, 0.1) is 5.97 Å². The molecule has 0 bridgehead atoms. The van der Waals surface area contributed by atoms with Crippen molar-refractivity contribution in [2.75, 3.05) is 0 Å². The zero-order valence-corrected chi connectivity index (χ0v) is 26.7. The number of carbonyl (C=O) groups excluding carboxylic acids is 2. The molecule has 0 saturated heterocycles. The molecule has 0 heterocycles. The monoisotopic (exact) mass is 610 g/mol. The SMILES string of the molecule is CCCCCCCCCCCCCCC(=O)[O-].Cc1cccc(C(=O)[O-])c1.[CH2]CCC.[CH2]CCC.[Sn+2]. The third-order valence-corrected chi connectivity index (χ3v) is 5.20. The van der Waals surface area contributed by atoms with Gasteiger partial charge in [-0.25, -0.2) is 0 Å². The first-order chi connectivity index (χ1) is 16.8. The van der Waals surface area contributed by atoms with Crippen LogP contribution in [0.5, 0.6) is 0 Å². The van der Waals surface area contributed by atoms with Gasteiger partial charge >= 0.3 is 23.9 Å². The van der Waals surface area contributed by atoms with Crippen molar-refractivity contribution in [3.63, 3.8) is 0 Å². The van der Waals surface area contributed by atoms with Gasteiger partial charge in [0, 0.05) is 5.97 Å². The van der Waals surface area contributed by atoms with E-state index in [0.717, 1.165) is 31.2 Å². The Bertz CT molecular complexity index is 567. The largest absolute Gasteiger partial charge is 2.00 e. The molecule has 36 heavy (non-hydrogen) atoms. The number of carboxylic acids is 2. The van der Waals surface area contributed by atoms with E-state index < -0.39 is 11.9 Å². The maximum absolute atomic E-state index is 10.2. The van der Waals surface area contributed by atoms with Crippen LogP contribution in [0.25, 0.3) is 0 Å². The number of carbonyl (C=O) groups is 2. The summed E-state index contributed by atoms with van der Waals surface area (Å²) in [6, 6.07) is 6.63. The topological polar surface area (TPSA) is 80.3 Å². The van der Waals surface area contributed by atoms with Crippen LogP contribution in [0.2, 0.25) is 0 Å². The number of aliphatic carboxylic acids is 1. The Kier molecular flexibility index (Phi) is 42.2. The molecule has 4 radical (unpaired) electrons. The summed E-state index contributed by atoms with van der Waals surface area (Å²) in [7, 11) is 0. The number of unbranched alkanes of at least 4 members (excludes halogenated alkanes) is 13. The fourth-order valence-electron chi connectivity index (χ4n) is 2.88. The minimum absolute atomic E-state index is 0. The first kappa shape index (κ1) is 42.1. The van der Waals surface area contributed by atoms with Crippen molar-refractivity contribution < 1.29 is 19.8 Å².